The second-order valence-electron chi connectivity index (χ2n) is 7.33. The Bertz CT molecular complexity index is 1130. The van der Waals surface area contributed by atoms with Crippen LogP contribution in [0.4, 0.5) is 18.9 Å². The fourth-order valence-electron chi connectivity index (χ4n) is 3.58. The highest BCUT2D eigenvalue weighted by Gasteiger charge is 2.30. The van der Waals surface area contributed by atoms with Gasteiger partial charge in [-0.1, -0.05) is 6.92 Å². The molecule has 3 aromatic rings. The lowest BCUT2D eigenvalue weighted by atomic mass is 9.89. The largest absolute Gasteiger partial charge is 0.416 e. The van der Waals surface area contributed by atoms with Crippen LogP contribution >= 0.6 is 11.3 Å². The van der Waals surface area contributed by atoms with Gasteiger partial charge in [0.25, 0.3) is 5.56 Å². The number of hydrogen-bond donors (Lipinski definition) is 1. The van der Waals surface area contributed by atoms with E-state index in [1.165, 1.54) is 39.2 Å². The van der Waals surface area contributed by atoms with E-state index in [4.69, 9.17) is 0 Å². The summed E-state index contributed by atoms with van der Waals surface area (Å²) in [5.41, 5.74) is 0.215. The fourth-order valence-corrected chi connectivity index (χ4v) is 4.92. The van der Waals surface area contributed by atoms with Crippen molar-refractivity contribution in [3.8, 4) is 0 Å². The highest BCUT2D eigenvalue weighted by atomic mass is 32.1. The third kappa shape index (κ3) is 3.91. The molecule has 0 aliphatic heterocycles. The molecule has 0 spiro atoms. The summed E-state index contributed by atoms with van der Waals surface area (Å²) in [5, 5.41) is 3.10. The topological polar surface area (TPSA) is 64.0 Å². The van der Waals surface area contributed by atoms with E-state index in [1.54, 1.807) is 0 Å². The number of carbonyl (C=O) groups is 1. The first-order valence-corrected chi connectivity index (χ1v) is 10.0. The molecule has 1 atom stereocenters. The number of halogens is 3. The molecular formula is C20H18F3N3O2S. The van der Waals surface area contributed by atoms with Gasteiger partial charge in [-0.15, -0.1) is 11.3 Å². The lowest BCUT2D eigenvalue weighted by Crippen LogP contribution is -2.28. The van der Waals surface area contributed by atoms with Crippen molar-refractivity contribution < 1.29 is 18.0 Å². The number of fused-ring (bicyclic) bond motifs is 3. The predicted molar refractivity (Wildman–Crippen MR) is 105 cm³/mol. The molecule has 2 aromatic heterocycles. The minimum absolute atomic E-state index is 0.229. The smallest absolute Gasteiger partial charge is 0.325 e. The summed E-state index contributed by atoms with van der Waals surface area (Å²) >= 11 is 1.53. The fraction of sp³-hybridized carbons (Fsp3) is 0.350. The summed E-state index contributed by atoms with van der Waals surface area (Å²) in [6.07, 6.45) is -0.308. The molecule has 4 rings (SSSR count). The van der Waals surface area contributed by atoms with E-state index in [1.807, 2.05) is 0 Å². The number of rotatable bonds is 3. The zero-order valence-corrected chi connectivity index (χ0v) is 16.4. The maximum absolute atomic E-state index is 12.9. The molecule has 1 amide bonds. The van der Waals surface area contributed by atoms with Crippen molar-refractivity contribution in [2.75, 3.05) is 5.32 Å². The Hall–Kier alpha value is -2.68. The van der Waals surface area contributed by atoms with Crippen LogP contribution in [0, 0.1) is 5.92 Å². The number of anilines is 1. The Morgan fingerprint density at radius 3 is 2.72 bits per heavy atom. The highest BCUT2D eigenvalue weighted by Crippen LogP contribution is 2.35. The molecule has 1 unspecified atom stereocenters. The number of hydrogen-bond acceptors (Lipinski definition) is 4. The maximum Gasteiger partial charge on any atom is 0.416 e. The molecule has 1 aliphatic rings. The first kappa shape index (κ1) is 19.6. The molecular weight excluding hydrogens is 403 g/mol. The first-order valence-electron chi connectivity index (χ1n) is 9.19. The number of aromatic nitrogens is 2. The molecule has 152 valence electrons. The molecule has 0 radical (unpaired) electrons. The third-order valence-electron chi connectivity index (χ3n) is 5.09. The molecule has 29 heavy (non-hydrogen) atoms. The van der Waals surface area contributed by atoms with E-state index in [-0.39, 0.29) is 17.8 Å². The molecule has 9 heteroatoms. The van der Waals surface area contributed by atoms with Crippen molar-refractivity contribution in [2.24, 2.45) is 5.92 Å². The minimum Gasteiger partial charge on any atom is -0.325 e. The number of nitrogens with zero attached hydrogens (tertiary/aromatic N) is 2. The third-order valence-corrected chi connectivity index (χ3v) is 6.25. The quantitative estimate of drug-likeness (QED) is 0.688. The minimum atomic E-state index is -4.44. The first-order chi connectivity index (χ1) is 13.7. The summed E-state index contributed by atoms with van der Waals surface area (Å²) in [7, 11) is 0. The summed E-state index contributed by atoms with van der Waals surface area (Å²) < 4.78 is 39.1. The van der Waals surface area contributed by atoms with E-state index >= 15 is 0 Å². The number of amides is 1. The molecule has 2 heterocycles. The molecule has 1 aliphatic carbocycles. The summed E-state index contributed by atoms with van der Waals surface area (Å²) in [4.78, 5) is 31.4. The Morgan fingerprint density at radius 1 is 1.31 bits per heavy atom. The van der Waals surface area contributed by atoms with Crippen LogP contribution in [0.2, 0.25) is 0 Å². The highest BCUT2D eigenvalue weighted by molar-refractivity contribution is 7.18. The van der Waals surface area contributed by atoms with Crippen LogP contribution in [-0.4, -0.2) is 15.5 Å². The van der Waals surface area contributed by atoms with Gasteiger partial charge >= 0.3 is 6.18 Å². The number of alkyl halides is 3. The zero-order valence-electron chi connectivity index (χ0n) is 15.5. The van der Waals surface area contributed by atoms with E-state index in [9.17, 15) is 22.8 Å². The van der Waals surface area contributed by atoms with Gasteiger partial charge in [0.05, 0.1) is 17.3 Å². The van der Waals surface area contributed by atoms with Crippen LogP contribution in [0.25, 0.3) is 10.2 Å². The summed E-state index contributed by atoms with van der Waals surface area (Å²) in [6, 6.07) is 4.16. The molecule has 1 aromatic carbocycles. The summed E-state index contributed by atoms with van der Waals surface area (Å²) in [6.45, 7) is 1.93. The second kappa shape index (κ2) is 7.29. The zero-order chi connectivity index (χ0) is 20.8. The lowest BCUT2D eigenvalue weighted by molar-refractivity contribution is -0.137. The van der Waals surface area contributed by atoms with Gasteiger partial charge in [-0.3, -0.25) is 14.2 Å². The van der Waals surface area contributed by atoms with Gasteiger partial charge in [0.2, 0.25) is 5.91 Å². The van der Waals surface area contributed by atoms with Crippen molar-refractivity contribution in [3.05, 3.63) is 57.0 Å². The van der Waals surface area contributed by atoms with E-state index in [0.717, 1.165) is 37.0 Å². The van der Waals surface area contributed by atoms with Crippen LogP contribution in [0.15, 0.2) is 35.4 Å². The number of benzene rings is 1. The molecule has 1 N–H and O–H groups in total. The summed E-state index contributed by atoms with van der Waals surface area (Å²) in [5.74, 6) is 0.0676. The second-order valence-corrected chi connectivity index (χ2v) is 8.42. The standard InChI is InChI=1S/C20H18F3N3O2S/c1-11-2-7-14-15(8-11)29-18-17(14)19(28)26(10-24-18)9-16(27)25-13-5-3-12(4-6-13)20(21,22)23/h3-6,10-11H,2,7-9H2,1H3,(H,25,27). The Kier molecular flexibility index (Phi) is 4.94. The van der Waals surface area contributed by atoms with Crippen LogP contribution in [0.5, 0.6) is 0 Å². The van der Waals surface area contributed by atoms with Crippen molar-refractivity contribution in [1.82, 2.24) is 9.55 Å². The van der Waals surface area contributed by atoms with Gasteiger partial charge in [-0.25, -0.2) is 4.98 Å². The molecule has 0 saturated carbocycles. The van der Waals surface area contributed by atoms with Gasteiger partial charge < -0.3 is 5.32 Å². The predicted octanol–water partition coefficient (Wildman–Crippen LogP) is 4.24. The normalized spacial score (nSPS) is 16.6. The Morgan fingerprint density at radius 2 is 2.03 bits per heavy atom. The van der Waals surface area contributed by atoms with Crippen LogP contribution in [0.1, 0.15) is 29.3 Å². The van der Waals surface area contributed by atoms with Crippen molar-refractivity contribution in [2.45, 2.75) is 38.9 Å². The van der Waals surface area contributed by atoms with Crippen LogP contribution in [0.3, 0.4) is 0 Å². The number of carbonyl (C=O) groups excluding carboxylic acids is 1. The number of nitrogens with one attached hydrogen (secondary N) is 1. The SMILES string of the molecule is CC1CCc2c(sc3ncn(CC(=O)Nc4ccc(C(F)(F)F)cc4)c(=O)c23)C1. The van der Waals surface area contributed by atoms with Gasteiger partial charge in [-0.05, 0) is 55.0 Å². The van der Waals surface area contributed by atoms with Gasteiger partial charge in [-0.2, -0.15) is 13.2 Å². The molecule has 0 bridgehead atoms. The van der Waals surface area contributed by atoms with E-state index in [0.29, 0.717) is 16.1 Å². The van der Waals surface area contributed by atoms with Crippen molar-refractivity contribution in [1.29, 1.82) is 0 Å². The molecule has 0 fully saturated rings. The molecule has 5 nitrogen and oxygen atoms in total. The maximum atomic E-state index is 12.9. The Balaban J connectivity index is 1.54. The van der Waals surface area contributed by atoms with Crippen LogP contribution < -0.4 is 10.9 Å². The van der Waals surface area contributed by atoms with E-state index < -0.39 is 17.6 Å². The van der Waals surface area contributed by atoms with Gasteiger partial charge in [0, 0.05) is 10.6 Å². The lowest BCUT2D eigenvalue weighted by Gasteiger charge is -2.17. The number of aryl methyl sites for hydroxylation is 1. The average molecular weight is 421 g/mol. The van der Waals surface area contributed by atoms with Crippen molar-refractivity contribution >= 4 is 33.1 Å². The van der Waals surface area contributed by atoms with Crippen LogP contribution in [-0.2, 0) is 30.4 Å². The van der Waals surface area contributed by atoms with Crippen molar-refractivity contribution in [3.63, 3.8) is 0 Å². The van der Waals surface area contributed by atoms with Gasteiger partial charge in [0.15, 0.2) is 0 Å². The average Bonchev–Trinajstić information content (AvgIpc) is 3.02. The number of thiophene rings is 1. The van der Waals surface area contributed by atoms with E-state index in [2.05, 4.69) is 17.2 Å². The Labute approximate surface area is 168 Å². The monoisotopic (exact) mass is 421 g/mol. The van der Waals surface area contributed by atoms with Gasteiger partial charge in [0.1, 0.15) is 11.4 Å². The molecule has 0 saturated heterocycles.